The van der Waals surface area contributed by atoms with Crippen LogP contribution >= 0.6 is 0 Å². The van der Waals surface area contributed by atoms with Gasteiger partial charge in [-0.15, -0.1) is 0 Å². The van der Waals surface area contributed by atoms with Crippen LogP contribution in [0.4, 0.5) is 11.5 Å². The van der Waals surface area contributed by atoms with Gasteiger partial charge in [-0.1, -0.05) is 24.6 Å². The van der Waals surface area contributed by atoms with Crippen molar-refractivity contribution in [2.75, 3.05) is 36.5 Å². The second-order valence-electron chi connectivity index (χ2n) is 11.3. The molecule has 2 amide bonds. The van der Waals surface area contributed by atoms with Crippen molar-refractivity contribution in [3.05, 3.63) is 47.2 Å². The number of likely N-dealkylation sites (tertiary alicyclic amines) is 1. The van der Waals surface area contributed by atoms with Gasteiger partial charge < -0.3 is 15.2 Å². The molecule has 0 bridgehead atoms. The summed E-state index contributed by atoms with van der Waals surface area (Å²) in [6, 6.07) is 8.28. The van der Waals surface area contributed by atoms with Crippen LogP contribution in [0.15, 0.2) is 30.5 Å². The van der Waals surface area contributed by atoms with Crippen molar-refractivity contribution < 1.29 is 19.4 Å². The molecular formula is C29H36N4O4. The third-order valence-electron chi connectivity index (χ3n) is 9.04. The number of carbonyl (C=O) groups excluding carboxylic acids is 2. The van der Waals surface area contributed by atoms with Gasteiger partial charge in [0.2, 0.25) is 11.8 Å². The van der Waals surface area contributed by atoms with Gasteiger partial charge in [-0.25, -0.2) is 4.98 Å². The largest absolute Gasteiger partial charge is 0.491 e. The van der Waals surface area contributed by atoms with Crippen molar-refractivity contribution in [3.8, 4) is 5.75 Å². The van der Waals surface area contributed by atoms with Crippen molar-refractivity contribution >= 4 is 23.3 Å². The number of piperidine rings is 1. The third kappa shape index (κ3) is 4.20. The molecule has 4 aliphatic rings. The lowest BCUT2D eigenvalue weighted by Crippen LogP contribution is -2.58. The number of ether oxygens (including phenoxy) is 1. The van der Waals surface area contributed by atoms with Crippen LogP contribution in [0.3, 0.4) is 0 Å². The van der Waals surface area contributed by atoms with Gasteiger partial charge in [0.05, 0.1) is 17.2 Å². The minimum absolute atomic E-state index is 0.0241. The molecule has 8 nitrogen and oxygen atoms in total. The second kappa shape index (κ2) is 9.10. The summed E-state index contributed by atoms with van der Waals surface area (Å²) in [7, 11) is 0. The van der Waals surface area contributed by atoms with Gasteiger partial charge in [0.25, 0.3) is 0 Å². The molecule has 8 heteroatoms. The van der Waals surface area contributed by atoms with Crippen LogP contribution in [0.1, 0.15) is 62.1 Å². The van der Waals surface area contributed by atoms with Crippen LogP contribution in [0.5, 0.6) is 5.75 Å². The Labute approximate surface area is 218 Å². The monoisotopic (exact) mass is 504 g/mol. The molecule has 1 aliphatic carbocycles. The number of aryl methyl sites for hydroxylation is 2. The molecule has 0 radical (unpaired) electrons. The zero-order valence-electron chi connectivity index (χ0n) is 21.8. The number of hydrogen-bond acceptors (Lipinski definition) is 6. The summed E-state index contributed by atoms with van der Waals surface area (Å²) in [5.74, 6) is 1.67. The number of rotatable bonds is 6. The first-order valence-electron chi connectivity index (χ1n) is 13.6. The highest BCUT2D eigenvalue weighted by molar-refractivity contribution is 6.06. The van der Waals surface area contributed by atoms with Crippen LogP contribution < -0.4 is 15.0 Å². The van der Waals surface area contributed by atoms with E-state index in [-0.39, 0.29) is 17.9 Å². The van der Waals surface area contributed by atoms with Gasteiger partial charge in [-0.3, -0.25) is 19.4 Å². The minimum atomic E-state index is -0.649. The summed E-state index contributed by atoms with van der Waals surface area (Å²) in [5.41, 5.74) is 3.28. The fraction of sp³-hybridized carbons (Fsp3) is 0.552. The number of fused-ring (bicyclic) bond motifs is 3. The van der Waals surface area contributed by atoms with Crippen LogP contribution in [0, 0.1) is 6.92 Å². The lowest BCUT2D eigenvalue weighted by Gasteiger charge is -2.49. The Morgan fingerprint density at radius 1 is 1.16 bits per heavy atom. The van der Waals surface area contributed by atoms with Gasteiger partial charge in [0, 0.05) is 24.7 Å². The molecule has 6 rings (SSSR count). The van der Waals surface area contributed by atoms with Crippen LogP contribution in [0.2, 0.25) is 0 Å². The summed E-state index contributed by atoms with van der Waals surface area (Å²) in [5, 5.41) is 13.5. The van der Waals surface area contributed by atoms with E-state index in [0.717, 1.165) is 60.9 Å². The molecule has 1 saturated carbocycles. The first-order valence-corrected chi connectivity index (χ1v) is 13.6. The van der Waals surface area contributed by atoms with E-state index in [4.69, 9.17) is 4.74 Å². The molecule has 2 N–H and O–H groups in total. The van der Waals surface area contributed by atoms with Gasteiger partial charge in [0.15, 0.2) is 0 Å². The second-order valence-corrected chi connectivity index (χ2v) is 11.3. The molecule has 0 atom stereocenters. The molecular weight excluding hydrogens is 468 g/mol. The number of amides is 2. The zero-order chi connectivity index (χ0) is 25.8. The molecule has 1 spiro atoms. The first kappa shape index (κ1) is 24.4. The van der Waals surface area contributed by atoms with Crippen molar-refractivity contribution in [1.29, 1.82) is 0 Å². The molecule has 1 aromatic heterocycles. The number of anilines is 2. The highest BCUT2D eigenvalue weighted by atomic mass is 16.5. The number of carbonyl (C=O) groups is 2. The van der Waals surface area contributed by atoms with Crippen molar-refractivity contribution in [2.45, 2.75) is 75.9 Å². The fourth-order valence-electron chi connectivity index (χ4n) is 6.58. The Morgan fingerprint density at radius 2 is 1.95 bits per heavy atom. The van der Waals surface area contributed by atoms with Gasteiger partial charge in [-0.05, 0) is 81.8 Å². The maximum absolute atomic E-state index is 12.9. The Bertz CT molecular complexity index is 1230. The smallest absolute Gasteiger partial charge is 0.235 e. The molecule has 2 aromatic rings. The average Bonchev–Trinajstić information content (AvgIpc) is 3.14. The van der Waals surface area contributed by atoms with Gasteiger partial charge in [-0.2, -0.15) is 0 Å². The lowest BCUT2D eigenvalue weighted by atomic mass is 9.73. The molecule has 4 heterocycles. The number of aromatic nitrogens is 1. The minimum Gasteiger partial charge on any atom is -0.491 e. The molecule has 0 unspecified atom stereocenters. The summed E-state index contributed by atoms with van der Waals surface area (Å²) in [6.45, 7) is 7.11. The first-order chi connectivity index (χ1) is 17.8. The van der Waals surface area contributed by atoms with E-state index in [9.17, 15) is 14.7 Å². The van der Waals surface area contributed by atoms with Crippen molar-refractivity contribution in [1.82, 2.24) is 9.88 Å². The number of hydrogen-bond donors (Lipinski definition) is 2. The Balaban J connectivity index is 1.04. The molecule has 3 aliphatic heterocycles. The standard InChI is InChI=1S/C29H36N4O4/c1-3-28(36)16-21(17-28)33-25(34)7-5-20-15-22(18-30-26(20)33)37-13-12-32-10-8-29(9-11-32)23-14-19(2)4-6-24(23)31-27(29)35/h4,6,14-15,18,21,36H,3,5,7-13,16-17H2,1-2H3,(H,31,35). The summed E-state index contributed by atoms with van der Waals surface area (Å²) < 4.78 is 6.07. The van der Waals surface area contributed by atoms with Gasteiger partial charge in [0.1, 0.15) is 18.2 Å². The Kier molecular flexibility index (Phi) is 5.99. The topological polar surface area (TPSA) is 95.0 Å². The number of aliphatic hydroxyl groups is 1. The normalized spacial score (nSPS) is 26.5. The van der Waals surface area contributed by atoms with Crippen molar-refractivity contribution in [2.24, 2.45) is 0 Å². The predicted molar refractivity (Wildman–Crippen MR) is 141 cm³/mol. The third-order valence-corrected chi connectivity index (χ3v) is 9.04. The van der Waals surface area contributed by atoms with E-state index in [2.05, 4.69) is 34.3 Å². The van der Waals surface area contributed by atoms with Gasteiger partial charge >= 0.3 is 0 Å². The van der Waals surface area contributed by atoms with E-state index in [1.54, 1.807) is 11.1 Å². The fourth-order valence-corrected chi connectivity index (χ4v) is 6.58. The molecule has 1 saturated heterocycles. The average molecular weight is 505 g/mol. The van der Waals surface area contributed by atoms with E-state index >= 15 is 0 Å². The highest BCUT2D eigenvalue weighted by Gasteiger charge is 2.49. The van der Waals surface area contributed by atoms with E-state index in [1.807, 2.05) is 19.1 Å². The summed E-state index contributed by atoms with van der Waals surface area (Å²) >= 11 is 0. The van der Waals surface area contributed by atoms with Crippen molar-refractivity contribution in [3.63, 3.8) is 0 Å². The number of nitrogens with zero attached hydrogens (tertiary/aromatic N) is 3. The SMILES string of the molecule is CCC1(O)CC(N2C(=O)CCc3cc(OCCN4CCC5(CC4)C(=O)Nc4ccc(C)cc45)cnc32)C1. The van der Waals surface area contributed by atoms with E-state index in [1.165, 1.54) is 5.56 Å². The predicted octanol–water partition coefficient (Wildman–Crippen LogP) is 3.34. The maximum atomic E-state index is 12.9. The maximum Gasteiger partial charge on any atom is 0.235 e. The quantitative estimate of drug-likeness (QED) is 0.627. The van der Waals surface area contributed by atoms with E-state index < -0.39 is 11.0 Å². The van der Waals surface area contributed by atoms with E-state index in [0.29, 0.717) is 38.7 Å². The number of benzene rings is 1. The number of pyridine rings is 1. The molecule has 37 heavy (non-hydrogen) atoms. The highest BCUT2D eigenvalue weighted by Crippen LogP contribution is 2.45. The van der Waals surface area contributed by atoms with Crippen LogP contribution in [-0.2, 0) is 21.4 Å². The van der Waals surface area contributed by atoms with Crippen LogP contribution in [-0.4, -0.2) is 64.7 Å². The Hall–Kier alpha value is -2.97. The summed E-state index contributed by atoms with van der Waals surface area (Å²) in [6.07, 6.45) is 6.39. The number of nitrogens with one attached hydrogen (secondary N) is 1. The molecule has 2 fully saturated rings. The molecule has 196 valence electrons. The lowest BCUT2D eigenvalue weighted by molar-refractivity contribution is -0.123. The summed E-state index contributed by atoms with van der Waals surface area (Å²) in [4.78, 5) is 34.3. The Morgan fingerprint density at radius 3 is 2.70 bits per heavy atom. The zero-order valence-corrected chi connectivity index (χ0v) is 21.8. The van der Waals surface area contributed by atoms with Crippen LogP contribution in [0.25, 0.3) is 0 Å². The molecule has 1 aromatic carbocycles.